The Morgan fingerprint density at radius 1 is 0.404 bits per heavy atom. The van der Waals surface area contributed by atoms with E-state index in [-0.39, 0.29) is 11.1 Å². The number of hydrogen-bond donors (Lipinski definition) is 0. The summed E-state index contributed by atoms with van der Waals surface area (Å²) in [5, 5.41) is 27.0. The van der Waals surface area contributed by atoms with Gasteiger partial charge in [0, 0.05) is 23.5 Å². The zero-order valence-electron chi connectivity index (χ0n) is 56.9. The highest BCUT2D eigenvalue weighted by molar-refractivity contribution is 6.43. The number of ether oxygens (including phenoxy) is 2. The van der Waals surface area contributed by atoms with Crippen LogP contribution in [0.3, 0.4) is 0 Å². The molecule has 0 N–H and O–H groups in total. The highest BCUT2D eigenvalue weighted by atomic mass is 35.5. The zero-order chi connectivity index (χ0) is 66.3. The Balaban J connectivity index is 1.01. The minimum Gasteiger partial charge on any atom is -0.494 e. The smallest absolute Gasteiger partial charge is 0.223 e. The molecule has 0 atom stereocenters. The van der Waals surface area contributed by atoms with E-state index < -0.39 is 0 Å². The molecule has 0 fully saturated rings. The van der Waals surface area contributed by atoms with Crippen LogP contribution in [0.15, 0.2) is 85.2 Å². The predicted octanol–water partition coefficient (Wildman–Crippen LogP) is 22.5. The van der Waals surface area contributed by atoms with Crippen molar-refractivity contribution in [3.63, 3.8) is 0 Å². The number of unbranched alkanes of at least 4 members (excludes halogenated alkanes) is 34. The van der Waals surface area contributed by atoms with E-state index in [1.807, 2.05) is 72.6 Å². The maximum atomic E-state index is 11.5. The summed E-state index contributed by atoms with van der Waals surface area (Å²) in [4.78, 5) is 19.5. The molecule has 10 nitrogen and oxygen atoms in total. The van der Waals surface area contributed by atoms with Crippen molar-refractivity contribution in [2.45, 2.75) is 245 Å². The Kier molecular flexibility index (Phi) is 31.7. The molecule has 4 heterocycles. The fourth-order valence-corrected chi connectivity index (χ4v) is 14.0. The van der Waals surface area contributed by atoms with Crippen LogP contribution in [0.2, 0.25) is 20.1 Å². The number of halogens is 4. The molecule has 4 aromatic carbocycles. The Labute approximate surface area is 582 Å². The zero-order valence-corrected chi connectivity index (χ0v) is 59.9. The van der Waals surface area contributed by atoms with Gasteiger partial charge in [0.1, 0.15) is 46.2 Å². The summed E-state index contributed by atoms with van der Waals surface area (Å²) in [7, 11) is 3.91. The van der Waals surface area contributed by atoms with Crippen LogP contribution in [0.25, 0.3) is 66.5 Å². The standard InChI is InChI=1S/C79H101BCl4N8O2/c1-4-6-8-10-12-14-16-18-20-22-24-26-28-30-32-34-36-38-48-93-60-44-40-58(41-45-60)76-74-75(78(91(76)3)62(54-85)72-56-87-68-50-64(81)66(83)52-70(68)89-72)77(92(80)79(74)63(55-86)73-57-88-69-51-65(82)67(84)53-71(69)90-73)59-42-46-61(47-43-59)94-49-39-37-35-33-31-29-27-25-23-21-19-17-15-13-11-9-7-5-2/h40-47,50-53,56-57H,4-39,48-49,80H2,1-3H3/b78-62-,79-63-. The molecule has 0 aliphatic rings. The van der Waals surface area contributed by atoms with Crippen LogP contribution < -0.4 is 20.2 Å². The van der Waals surface area contributed by atoms with Crippen LogP contribution in [0.5, 0.6) is 11.5 Å². The lowest BCUT2D eigenvalue weighted by Gasteiger charge is -2.12. The first-order valence-electron chi connectivity index (χ1n) is 36.0. The van der Waals surface area contributed by atoms with E-state index in [2.05, 4.69) is 26.0 Å². The molecular formula is C79H101BCl4N8O2. The first kappa shape index (κ1) is 73.7. The van der Waals surface area contributed by atoms with Crippen molar-refractivity contribution in [1.29, 1.82) is 10.5 Å². The monoisotopic (exact) mass is 1340 g/mol. The summed E-state index contributed by atoms with van der Waals surface area (Å²) in [5.74, 6) is 1.53. The molecule has 0 unspecified atom stereocenters. The lowest BCUT2D eigenvalue weighted by Crippen LogP contribution is -2.23. The minimum absolute atomic E-state index is 0.266. The van der Waals surface area contributed by atoms with Gasteiger partial charge in [0.25, 0.3) is 0 Å². The summed E-state index contributed by atoms with van der Waals surface area (Å²) in [6.07, 6.45) is 51.1. The average Bonchev–Trinajstić information content (AvgIpc) is 1.55. The van der Waals surface area contributed by atoms with Gasteiger partial charge in [-0.1, -0.05) is 279 Å². The van der Waals surface area contributed by atoms with Crippen LogP contribution in [0.4, 0.5) is 0 Å². The molecule has 8 rings (SSSR count). The van der Waals surface area contributed by atoms with Gasteiger partial charge in [0.15, 0.2) is 0 Å². The average molecular weight is 1350 g/mol. The SMILES string of the molecule is Bn1c(-c2ccc(OCCCCCCCCCCCCCCCCCCCC)cc2)c2/c(=C(\C#N)c3cnc4cc(Cl)c(Cl)cc4n3)n(C)c(-c3ccc(OCCCCCCCCCCCCCCCCCCCC)cc3)c2/c1=C(\C#N)c1cnc2cc(Cl)c(Cl)cc2n1. The van der Waals surface area contributed by atoms with Crippen molar-refractivity contribution in [1.82, 2.24) is 29.0 Å². The van der Waals surface area contributed by atoms with Crippen LogP contribution in [0.1, 0.15) is 256 Å². The van der Waals surface area contributed by atoms with Gasteiger partial charge in [0.05, 0.1) is 84.2 Å². The highest BCUT2D eigenvalue weighted by Gasteiger charge is 2.27. The molecule has 0 bridgehead atoms. The molecule has 4 aromatic heterocycles. The first-order chi connectivity index (χ1) is 46.1. The summed E-state index contributed by atoms with van der Waals surface area (Å²) in [5.41, 5.74) is 6.44. The third-order valence-corrected chi connectivity index (χ3v) is 20.1. The Morgan fingerprint density at radius 2 is 0.691 bits per heavy atom. The normalized spacial score (nSPS) is 12.3. The van der Waals surface area contributed by atoms with Crippen molar-refractivity contribution >= 4 is 98.4 Å². The Hall–Kier alpha value is -6.08. The van der Waals surface area contributed by atoms with Crippen molar-refractivity contribution in [3.8, 4) is 46.2 Å². The second-order valence-corrected chi connectivity index (χ2v) is 27.7. The fraction of sp³-hybridized carbons (Fsp3) is 0.519. The largest absolute Gasteiger partial charge is 0.494 e. The third kappa shape index (κ3) is 21.5. The minimum atomic E-state index is 0.266. The number of aromatic nitrogens is 6. The van der Waals surface area contributed by atoms with Crippen molar-refractivity contribution in [3.05, 3.63) is 127 Å². The van der Waals surface area contributed by atoms with E-state index in [1.165, 1.54) is 205 Å². The Morgan fingerprint density at radius 3 is 1.02 bits per heavy atom. The summed E-state index contributed by atoms with van der Waals surface area (Å²) in [6, 6.07) is 28.0. The summed E-state index contributed by atoms with van der Waals surface area (Å²) in [6.45, 7) is 5.83. The maximum Gasteiger partial charge on any atom is 0.223 e. The number of nitriles is 2. The molecule has 0 amide bonds. The van der Waals surface area contributed by atoms with Crippen molar-refractivity contribution in [2.24, 2.45) is 7.05 Å². The third-order valence-electron chi connectivity index (χ3n) is 18.7. The molecule has 0 saturated carbocycles. The second-order valence-electron chi connectivity index (χ2n) is 26.0. The van der Waals surface area contributed by atoms with Gasteiger partial charge >= 0.3 is 0 Å². The lowest BCUT2D eigenvalue weighted by atomic mass is 10.0. The molecule has 94 heavy (non-hydrogen) atoms. The van der Waals surface area contributed by atoms with Gasteiger partial charge in [-0.3, -0.25) is 9.97 Å². The Bertz CT molecular complexity index is 3620. The summed E-state index contributed by atoms with van der Waals surface area (Å²) >= 11 is 26.0. The van der Waals surface area contributed by atoms with Crippen molar-refractivity contribution < 1.29 is 9.47 Å². The first-order valence-corrected chi connectivity index (χ1v) is 37.5. The predicted molar refractivity (Wildman–Crippen MR) is 399 cm³/mol. The molecular weight excluding hydrogens is 1250 g/mol. The van der Waals surface area contributed by atoms with E-state index in [1.54, 1.807) is 36.7 Å². The number of nitrogens with zero attached hydrogens (tertiary/aromatic N) is 8. The van der Waals surface area contributed by atoms with Crippen LogP contribution in [-0.2, 0) is 7.05 Å². The van der Waals surface area contributed by atoms with Crippen LogP contribution in [-0.4, -0.2) is 50.2 Å². The quantitative estimate of drug-likeness (QED) is 0.0273. The molecule has 0 aliphatic carbocycles. The molecule has 15 heteroatoms. The molecule has 500 valence electrons. The van der Waals surface area contributed by atoms with Gasteiger partial charge in [-0.15, -0.1) is 0 Å². The lowest BCUT2D eigenvalue weighted by molar-refractivity contribution is 0.304. The van der Waals surface area contributed by atoms with E-state index in [0.717, 1.165) is 70.5 Å². The number of fused-ring (bicyclic) bond motifs is 3. The van der Waals surface area contributed by atoms with Gasteiger partial charge in [0.2, 0.25) is 7.98 Å². The van der Waals surface area contributed by atoms with Crippen LogP contribution >= 0.6 is 46.4 Å². The van der Waals surface area contributed by atoms with Crippen molar-refractivity contribution in [2.75, 3.05) is 13.2 Å². The van der Waals surface area contributed by atoms with E-state index in [4.69, 9.17) is 75.8 Å². The molecule has 0 radical (unpaired) electrons. The van der Waals surface area contributed by atoms with E-state index in [9.17, 15) is 10.5 Å². The fourth-order valence-electron chi connectivity index (χ4n) is 13.4. The molecule has 0 aliphatic heterocycles. The summed E-state index contributed by atoms with van der Waals surface area (Å²) < 4.78 is 16.8. The van der Waals surface area contributed by atoms with E-state index in [0.29, 0.717) is 77.5 Å². The molecule has 0 saturated heterocycles. The topological polar surface area (TPSA) is 127 Å². The number of hydrogen-bond acceptors (Lipinski definition) is 8. The van der Waals surface area contributed by atoms with Gasteiger partial charge in [-0.25, -0.2) is 9.97 Å². The van der Waals surface area contributed by atoms with Gasteiger partial charge < -0.3 is 18.5 Å². The number of rotatable bonds is 44. The van der Waals surface area contributed by atoms with Gasteiger partial charge in [-0.2, -0.15) is 10.5 Å². The molecule has 8 aromatic rings. The highest BCUT2D eigenvalue weighted by Crippen LogP contribution is 2.37. The van der Waals surface area contributed by atoms with E-state index >= 15 is 0 Å². The molecule has 0 spiro atoms. The number of benzene rings is 4. The second kappa shape index (κ2) is 40.5. The van der Waals surface area contributed by atoms with Crippen LogP contribution in [0, 0.1) is 22.7 Å². The van der Waals surface area contributed by atoms with Gasteiger partial charge in [-0.05, 0) is 96.8 Å². The maximum absolute atomic E-state index is 11.5.